The second kappa shape index (κ2) is 6.52. The average Bonchev–Trinajstić information content (AvgIpc) is 2.95. The molecule has 1 aromatic heterocycles. The zero-order valence-electron chi connectivity index (χ0n) is 12.2. The molecule has 1 aromatic carbocycles. The molecule has 2 rings (SSSR count). The van der Waals surface area contributed by atoms with Crippen molar-refractivity contribution in [2.75, 3.05) is 18.6 Å². The monoisotopic (exact) mass is 275 g/mol. The molecule has 0 saturated carbocycles. The maximum Gasteiger partial charge on any atom is 0.324 e. The molecule has 1 heterocycles. The third-order valence-electron chi connectivity index (χ3n) is 3.30. The van der Waals surface area contributed by atoms with Crippen LogP contribution in [0.5, 0.6) is 0 Å². The van der Waals surface area contributed by atoms with Gasteiger partial charge in [0, 0.05) is 19.6 Å². The van der Waals surface area contributed by atoms with E-state index in [0.717, 1.165) is 5.56 Å². The van der Waals surface area contributed by atoms with Crippen LogP contribution in [0.2, 0.25) is 0 Å². The second-order valence-corrected chi connectivity index (χ2v) is 5.14. The first-order valence-electron chi connectivity index (χ1n) is 6.85. The third-order valence-corrected chi connectivity index (χ3v) is 3.30. The average molecular weight is 275 g/mol. The number of hydrogen-bond donors (Lipinski definition) is 1. The number of rotatable bonds is 6. The summed E-state index contributed by atoms with van der Waals surface area (Å²) >= 11 is 0. The van der Waals surface area contributed by atoms with Crippen LogP contribution in [-0.2, 0) is 0 Å². The van der Waals surface area contributed by atoms with Crippen LogP contribution in [0.1, 0.15) is 43.6 Å². The number of anilines is 1. The van der Waals surface area contributed by atoms with Gasteiger partial charge in [0.1, 0.15) is 0 Å². The highest BCUT2D eigenvalue weighted by Gasteiger charge is 2.22. The molecule has 0 fully saturated rings. The van der Waals surface area contributed by atoms with Gasteiger partial charge in [0.25, 0.3) is 0 Å². The summed E-state index contributed by atoms with van der Waals surface area (Å²) in [5.41, 5.74) is 1.12. The van der Waals surface area contributed by atoms with Crippen molar-refractivity contribution in [3.05, 3.63) is 41.7 Å². The van der Waals surface area contributed by atoms with E-state index < -0.39 is 0 Å². The lowest BCUT2D eigenvalue weighted by molar-refractivity contribution is 0.272. The maximum atomic E-state index is 9.29. The van der Waals surface area contributed by atoms with Gasteiger partial charge in [-0.2, -0.15) is 4.98 Å². The zero-order chi connectivity index (χ0) is 14.5. The van der Waals surface area contributed by atoms with Crippen molar-refractivity contribution >= 4 is 6.01 Å². The lowest BCUT2D eigenvalue weighted by Crippen LogP contribution is -2.25. The van der Waals surface area contributed by atoms with E-state index in [-0.39, 0.29) is 18.6 Å². The Hall–Kier alpha value is -1.88. The first kappa shape index (κ1) is 14.5. The summed E-state index contributed by atoms with van der Waals surface area (Å²) in [5, 5.41) is 13.3. The van der Waals surface area contributed by atoms with Crippen molar-refractivity contribution in [3.63, 3.8) is 0 Å². The Labute approximate surface area is 119 Å². The molecule has 5 heteroatoms. The third kappa shape index (κ3) is 3.17. The number of aromatic nitrogens is 2. The highest BCUT2D eigenvalue weighted by molar-refractivity contribution is 5.32. The van der Waals surface area contributed by atoms with Crippen LogP contribution < -0.4 is 4.90 Å². The normalized spacial score (nSPS) is 12.7. The van der Waals surface area contributed by atoms with Gasteiger partial charge in [-0.05, 0) is 12.0 Å². The van der Waals surface area contributed by atoms with Crippen molar-refractivity contribution < 1.29 is 9.63 Å². The van der Waals surface area contributed by atoms with Gasteiger partial charge in [0.05, 0.1) is 6.04 Å². The van der Waals surface area contributed by atoms with Crippen LogP contribution in [0.3, 0.4) is 0 Å². The predicted octanol–water partition coefficient (Wildman–Crippen LogP) is 2.75. The summed E-state index contributed by atoms with van der Waals surface area (Å²) in [6.07, 6.45) is 0.611. The van der Waals surface area contributed by atoms with Gasteiger partial charge < -0.3 is 14.5 Å². The molecule has 0 amide bonds. The Bertz CT molecular complexity index is 525. The molecule has 0 bridgehead atoms. The molecule has 1 atom stereocenters. The van der Waals surface area contributed by atoms with Crippen LogP contribution in [-0.4, -0.2) is 28.9 Å². The van der Waals surface area contributed by atoms with Gasteiger partial charge in [-0.3, -0.25) is 0 Å². The SMILES string of the molecule is CC(C)c1noc(N(C)C(CCO)c2ccccc2)n1. The number of benzene rings is 1. The van der Waals surface area contributed by atoms with E-state index >= 15 is 0 Å². The summed E-state index contributed by atoms with van der Waals surface area (Å²) < 4.78 is 5.32. The highest BCUT2D eigenvalue weighted by Crippen LogP contribution is 2.27. The van der Waals surface area contributed by atoms with Gasteiger partial charge in [0.2, 0.25) is 0 Å². The number of nitrogens with zero attached hydrogens (tertiary/aromatic N) is 3. The summed E-state index contributed by atoms with van der Waals surface area (Å²) in [6, 6.07) is 10.5. The van der Waals surface area contributed by atoms with Gasteiger partial charge in [-0.25, -0.2) is 0 Å². The Morgan fingerprint density at radius 3 is 2.50 bits per heavy atom. The Kier molecular flexibility index (Phi) is 4.74. The molecule has 108 valence electrons. The fourth-order valence-corrected chi connectivity index (χ4v) is 2.12. The standard InChI is InChI=1S/C15H21N3O2/c1-11(2)14-16-15(20-17-14)18(3)13(9-10-19)12-7-5-4-6-8-12/h4-8,11,13,19H,9-10H2,1-3H3. The van der Waals surface area contributed by atoms with Crippen LogP contribution in [0.25, 0.3) is 0 Å². The minimum absolute atomic E-state index is 0.0154. The minimum Gasteiger partial charge on any atom is -0.396 e. The molecule has 0 saturated heterocycles. The largest absolute Gasteiger partial charge is 0.396 e. The molecule has 0 radical (unpaired) electrons. The molecule has 5 nitrogen and oxygen atoms in total. The van der Waals surface area contributed by atoms with E-state index in [0.29, 0.717) is 18.3 Å². The highest BCUT2D eigenvalue weighted by atomic mass is 16.5. The summed E-state index contributed by atoms with van der Waals surface area (Å²) in [4.78, 5) is 6.33. The molecule has 1 N–H and O–H groups in total. The minimum atomic E-state index is 0.0154. The van der Waals surface area contributed by atoms with Crippen molar-refractivity contribution in [3.8, 4) is 0 Å². The van der Waals surface area contributed by atoms with Crippen molar-refractivity contribution in [1.82, 2.24) is 10.1 Å². The molecule has 0 aliphatic heterocycles. The topological polar surface area (TPSA) is 62.4 Å². The van der Waals surface area contributed by atoms with Crippen LogP contribution in [0.15, 0.2) is 34.9 Å². The number of aliphatic hydroxyl groups excluding tert-OH is 1. The number of aliphatic hydroxyl groups is 1. The van der Waals surface area contributed by atoms with Gasteiger partial charge in [-0.1, -0.05) is 49.3 Å². The van der Waals surface area contributed by atoms with Gasteiger partial charge in [0.15, 0.2) is 5.82 Å². The first-order valence-corrected chi connectivity index (χ1v) is 6.85. The Morgan fingerprint density at radius 2 is 1.95 bits per heavy atom. The van der Waals surface area contributed by atoms with Crippen molar-refractivity contribution in [1.29, 1.82) is 0 Å². The fourth-order valence-electron chi connectivity index (χ4n) is 2.12. The fraction of sp³-hybridized carbons (Fsp3) is 0.467. The Balaban J connectivity index is 2.24. The summed E-state index contributed by atoms with van der Waals surface area (Å²) in [6.45, 7) is 4.16. The summed E-state index contributed by atoms with van der Waals surface area (Å²) in [5.74, 6) is 0.927. The second-order valence-electron chi connectivity index (χ2n) is 5.14. The predicted molar refractivity (Wildman–Crippen MR) is 77.7 cm³/mol. The van der Waals surface area contributed by atoms with E-state index in [4.69, 9.17) is 4.52 Å². The molecule has 0 spiro atoms. The van der Waals surface area contributed by atoms with Crippen molar-refractivity contribution in [2.24, 2.45) is 0 Å². The molecular weight excluding hydrogens is 254 g/mol. The molecule has 2 aromatic rings. The van der Waals surface area contributed by atoms with Crippen LogP contribution in [0, 0.1) is 0 Å². The van der Waals surface area contributed by atoms with E-state index in [1.807, 2.05) is 56.1 Å². The quantitative estimate of drug-likeness (QED) is 0.878. The lowest BCUT2D eigenvalue weighted by atomic mass is 10.0. The van der Waals surface area contributed by atoms with Gasteiger partial charge >= 0.3 is 6.01 Å². The molecular formula is C15H21N3O2. The van der Waals surface area contributed by atoms with E-state index in [1.54, 1.807) is 0 Å². The van der Waals surface area contributed by atoms with Gasteiger partial charge in [-0.15, -0.1) is 0 Å². The molecule has 1 unspecified atom stereocenters. The molecule has 20 heavy (non-hydrogen) atoms. The summed E-state index contributed by atoms with van der Waals surface area (Å²) in [7, 11) is 1.91. The van der Waals surface area contributed by atoms with E-state index in [2.05, 4.69) is 10.1 Å². The lowest BCUT2D eigenvalue weighted by Gasteiger charge is -2.26. The van der Waals surface area contributed by atoms with E-state index in [1.165, 1.54) is 0 Å². The first-order chi connectivity index (χ1) is 9.63. The van der Waals surface area contributed by atoms with Crippen LogP contribution in [0.4, 0.5) is 6.01 Å². The maximum absolute atomic E-state index is 9.29. The molecule has 0 aliphatic rings. The zero-order valence-corrected chi connectivity index (χ0v) is 12.2. The van der Waals surface area contributed by atoms with Crippen LogP contribution >= 0.6 is 0 Å². The van der Waals surface area contributed by atoms with Crippen molar-refractivity contribution in [2.45, 2.75) is 32.2 Å². The number of hydrogen-bond acceptors (Lipinski definition) is 5. The van der Waals surface area contributed by atoms with E-state index in [9.17, 15) is 5.11 Å². The molecule has 0 aliphatic carbocycles. The smallest absolute Gasteiger partial charge is 0.324 e. The Morgan fingerprint density at radius 1 is 1.25 bits per heavy atom.